The molecule has 1 aromatic rings. The molecule has 60 heavy (non-hydrogen) atoms. The lowest BCUT2D eigenvalue weighted by Gasteiger charge is -2.39. The van der Waals surface area contributed by atoms with Crippen molar-refractivity contribution in [2.75, 3.05) is 27.2 Å². The number of rotatable bonds is 23. The van der Waals surface area contributed by atoms with Crippen molar-refractivity contribution in [3.8, 4) is 0 Å². The number of allylic oxidation sites excluding steroid dienone is 4. The third-order valence-corrected chi connectivity index (χ3v) is 14.7. The second-order valence-corrected chi connectivity index (χ2v) is 24.2. The fourth-order valence-electron chi connectivity index (χ4n) is 4.55. The van der Waals surface area contributed by atoms with Crippen molar-refractivity contribution in [2.24, 2.45) is 21.7 Å². The van der Waals surface area contributed by atoms with Gasteiger partial charge in [0, 0.05) is 19.2 Å². The molecule has 0 aliphatic heterocycles. The Balaban J connectivity index is 3.87. The number of esters is 4. The second-order valence-electron chi connectivity index (χ2n) is 18.9. The Kier molecular flexibility index (Phi) is 20.8. The number of carbonyl (C=O) groups is 4. The van der Waals surface area contributed by atoms with Crippen LogP contribution >= 0.6 is 15.2 Å². The van der Waals surface area contributed by atoms with Crippen LogP contribution in [-0.4, -0.2) is 70.9 Å². The summed E-state index contributed by atoms with van der Waals surface area (Å²) in [6.45, 7) is 22.9. The average Bonchev–Trinajstić information content (AvgIpc) is 3.56. The topological polar surface area (TPSA) is 207 Å². The van der Waals surface area contributed by atoms with Gasteiger partial charge >= 0.3 is 39.1 Å². The molecule has 344 valence electrons. The molecule has 19 heteroatoms. The van der Waals surface area contributed by atoms with Crippen molar-refractivity contribution in [2.45, 2.75) is 154 Å². The summed E-state index contributed by atoms with van der Waals surface area (Å²) in [5.41, 5.74) is -1.39. The maximum absolute atomic E-state index is 15.4. The first-order valence-electron chi connectivity index (χ1n) is 20.0. The molecule has 0 aliphatic rings. The Morgan fingerprint density at radius 2 is 0.950 bits per heavy atom. The molecule has 0 aromatic carbocycles. The molecule has 0 radical (unpaired) electrons. The SMILES string of the molecule is CC/C(C)=C/CC/C(C)=C\CCn1cc(CC(C)(P(=O)(OCOC(=O)C(C)(C)C)OCOC(=O)C(C)(C)C)P(=O)(OCOC(=O)C(C)(C)C)OCOC(=O)C(C)(C)C)nn1. The van der Waals surface area contributed by atoms with Crippen LogP contribution in [0.4, 0.5) is 0 Å². The second kappa shape index (κ2) is 22.8. The highest BCUT2D eigenvalue weighted by Crippen LogP contribution is 2.78. The molecule has 0 unspecified atom stereocenters. The van der Waals surface area contributed by atoms with E-state index in [4.69, 9.17) is 37.0 Å². The minimum Gasteiger partial charge on any atom is -0.438 e. The van der Waals surface area contributed by atoms with E-state index in [1.165, 1.54) is 28.9 Å². The Bertz CT molecular complexity index is 1600. The normalized spacial score (nSPS) is 13.9. The fraction of sp³-hybridized carbons (Fsp3) is 0.756. The van der Waals surface area contributed by atoms with Crippen LogP contribution in [0.5, 0.6) is 0 Å². The van der Waals surface area contributed by atoms with Crippen molar-refractivity contribution >= 4 is 39.1 Å². The number of ether oxygens (including phenoxy) is 4. The van der Waals surface area contributed by atoms with Crippen molar-refractivity contribution in [1.82, 2.24) is 15.0 Å². The lowest BCUT2D eigenvalue weighted by atomic mass is 9.98. The molecule has 0 aliphatic carbocycles. The van der Waals surface area contributed by atoms with Crippen molar-refractivity contribution in [1.29, 1.82) is 0 Å². The Morgan fingerprint density at radius 3 is 1.28 bits per heavy atom. The predicted octanol–water partition coefficient (Wildman–Crippen LogP) is 9.65. The van der Waals surface area contributed by atoms with Gasteiger partial charge in [-0.1, -0.05) is 35.4 Å². The van der Waals surface area contributed by atoms with Gasteiger partial charge < -0.3 is 18.9 Å². The van der Waals surface area contributed by atoms with E-state index in [2.05, 4.69) is 43.2 Å². The standard InChI is InChI=1S/C41H71N3O14P2/c1-17-30(2)20-18-21-31(3)22-19-23-44-25-32(42-43-44)24-41(16,59(49,55-26-51-33(45)37(4,5)6)56-27-52-34(46)38(7,8)9)60(50,57-28-53-35(47)39(10,11)12)58-29-54-36(48)40(13,14)15/h20,22,25H,17-19,21,23-24,26-29H2,1-16H3/b30-20+,31-22-. The van der Waals surface area contributed by atoms with Gasteiger partial charge in [0.25, 0.3) is 0 Å². The summed E-state index contributed by atoms with van der Waals surface area (Å²) in [5.74, 6) is -2.97. The zero-order valence-electron chi connectivity index (χ0n) is 38.8. The van der Waals surface area contributed by atoms with Crippen molar-refractivity contribution < 1.29 is 65.4 Å². The van der Waals surface area contributed by atoms with Gasteiger partial charge in [-0.25, -0.2) is 0 Å². The molecular formula is C41H71N3O14P2. The number of aromatic nitrogens is 3. The van der Waals surface area contributed by atoms with E-state index >= 15 is 9.13 Å². The van der Waals surface area contributed by atoms with E-state index in [1.807, 2.05) is 0 Å². The van der Waals surface area contributed by atoms with Crippen LogP contribution in [0.1, 0.15) is 142 Å². The molecule has 17 nitrogen and oxygen atoms in total. The maximum Gasteiger partial charge on any atom is 0.354 e. The molecular weight excluding hydrogens is 820 g/mol. The van der Waals surface area contributed by atoms with Crippen LogP contribution in [0.3, 0.4) is 0 Å². The van der Waals surface area contributed by atoms with E-state index in [1.54, 1.807) is 83.1 Å². The van der Waals surface area contributed by atoms with Crippen LogP contribution in [0.2, 0.25) is 0 Å². The van der Waals surface area contributed by atoms with E-state index in [9.17, 15) is 19.2 Å². The third kappa shape index (κ3) is 17.6. The summed E-state index contributed by atoms with van der Waals surface area (Å²) in [5, 5.41) is 8.46. The van der Waals surface area contributed by atoms with Gasteiger partial charge in [0.15, 0.2) is 4.90 Å². The maximum atomic E-state index is 15.4. The first-order chi connectivity index (χ1) is 27.3. The van der Waals surface area contributed by atoms with E-state index in [0.29, 0.717) is 13.0 Å². The molecule has 0 atom stereocenters. The number of aryl methyl sites for hydroxylation is 1. The molecule has 1 aromatic heterocycles. The van der Waals surface area contributed by atoms with Gasteiger partial charge in [0.2, 0.25) is 27.2 Å². The van der Waals surface area contributed by atoms with E-state index in [-0.39, 0.29) is 5.69 Å². The molecule has 0 bridgehead atoms. The van der Waals surface area contributed by atoms with Crippen LogP contribution in [-0.2, 0) is 78.3 Å². The quantitative estimate of drug-likeness (QED) is 0.0329. The highest BCUT2D eigenvalue weighted by molar-refractivity contribution is 7.74. The van der Waals surface area contributed by atoms with Gasteiger partial charge in [0.1, 0.15) is 0 Å². The monoisotopic (exact) mass is 891 g/mol. The lowest BCUT2D eigenvalue weighted by Crippen LogP contribution is -2.35. The van der Waals surface area contributed by atoms with Crippen LogP contribution in [0.15, 0.2) is 29.5 Å². The van der Waals surface area contributed by atoms with Gasteiger partial charge in [-0.2, -0.15) is 0 Å². The number of nitrogens with zero attached hydrogens (tertiary/aromatic N) is 3. The summed E-state index contributed by atoms with van der Waals surface area (Å²) >= 11 is 0. The number of carbonyl (C=O) groups excluding carboxylic acids is 4. The Morgan fingerprint density at radius 1 is 0.600 bits per heavy atom. The molecule has 1 rings (SSSR count). The van der Waals surface area contributed by atoms with Crippen LogP contribution in [0, 0.1) is 21.7 Å². The summed E-state index contributed by atoms with van der Waals surface area (Å²) in [4.78, 5) is 48.6. The molecule has 0 N–H and O–H groups in total. The molecule has 0 saturated carbocycles. The van der Waals surface area contributed by atoms with E-state index in [0.717, 1.165) is 19.3 Å². The fourth-order valence-corrected chi connectivity index (χ4v) is 9.18. The van der Waals surface area contributed by atoms with Gasteiger partial charge in [0.05, 0.1) is 27.4 Å². The first-order valence-corrected chi connectivity index (χ1v) is 23.1. The smallest absolute Gasteiger partial charge is 0.354 e. The van der Waals surface area contributed by atoms with E-state index < -0.39 is 99.2 Å². The Labute approximate surface area is 357 Å². The molecule has 1 heterocycles. The number of hydrogen-bond donors (Lipinski definition) is 0. The van der Waals surface area contributed by atoms with Crippen LogP contribution in [0.25, 0.3) is 0 Å². The van der Waals surface area contributed by atoms with Gasteiger partial charge in [-0.15, -0.1) is 5.10 Å². The molecule has 0 amide bonds. The van der Waals surface area contributed by atoms with Gasteiger partial charge in [-0.05, 0) is 130 Å². The molecule has 0 spiro atoms. The summed E-state index contributed by atoms with van der Waals surface area (Å²) in [7, 11) is -10.2. The van der Waals surface area contributed by atoms with Crippen LogP contribution < -0.4 is 0 Å². The highest BCUT2D eigenvalue weighted by Gasteiger charge is 2.63. The minimum atomic E-state index is -5.12. The average molecular weight is 892 g/mol. The largest absolute Gasteiger partial charge is 0.438 e. The predicted molar refractivity (Wildman–Crippen MR) is 225 cm³/mol. The molecule has 0 fully saturated rings. The van der Waals surface area contributed by atoms with Gasteiger partial charge in [-0.3, -0.25) is 51.1 Å². The zero-order valence-corrected chi connectivity index (χ0v) is 40.5. The Hall–Kier alpha value is -3.20. The third-order valence-electron chi connectivity index (χ3n) is 8.82. The summed E-state index contributed by atoms with van der Waals surface area (Å²) in [6, 6.07) is 0. The zero-order chi connectivity index (χ0) is 46.4. The number of hydrogen-bond acceptors (Lipinski definition) is 16. The first kappa shape index (κ1) is 54.8. The minimum absolute atomic E-state index is 0.106. The highest BCUT2D eigenvalue weighted by atomic mass is 31.2. The summed E-state index contributed by atoms with van der Waals surface area (Å²) < 4.78 is 76.5. The summed E-state index contributed by atoms with van der Waals surface area (Å²) in [6.07, 6.45) is 8.71. The van der Waals surface area contributed by atoms with Crippen molar-refractivity contribution in [3.05, 3.63) is 35.2 Å². The lowest BCUT2D eigenvalue weighted by molar-refractivity contribution is -0.163. The van der Waals surface area contributed by atoms with Crippen molar-refractivity contribution in [3.63, 3.8) is 0 Å². The molecule has 0 saturated heterocycles.